The van der Waals surface area contributed by atoms with E-state index in [0.29, 0.717) is 6.42 Å². The fraction of sp³-hybridized carbons (Fsp3) is 0.273. The number of benzene rings is 1. The lowest BCUT2D eigenvalue weighted by Gasteiger charge is -2.00. The average molecular weight is 178 g/mol. The molecular weight excluding hydrogens is 164 g/mol. The Balaban J connectivity index is 2.73. The normalized spacial score (nSPS) is 11.7. The second kappa shape index (κ2) is 5.51. The van der Waals surface area contributed by atoms with Gasteiger partial charge in [0.05, 0.1) is 6.61 Å². The molecule has 0 atom stereocenters. The van der Waals surface area contributed by atoms with Crippen LogP contribution in [0.25, 0.3) is 6.08 Å². The van der Waals surface area contributed by atoms with E-state index in [9.17, 15) is 0 Å². The van der Waals surface area contributed by atoms with E-state index in [1.54, 1.807) is 0 Å². The van der Waals surface area contributed by atoms with Crippen LogP contribution < -0.4 is 0 Å². The lowest BCUT2D eigenvalue weighted by molar-refractivity contribution is 0.279. The molecule has 0 fully saturated rings. The molecule has 0 spiro atoms. The van der Waals surface area contributed by atoms with Crippen LogP contribution in [-0.2, 0) is 0 Å². The van der Waals surface area contributed by atoms with Gasteiger partial charge < -0.3 is 10.2 Å². The summed E-state index contributed by atoms with van der Waals surface area (Å²) >= 11 is 0. The molecule has 0 radical (unpaired) electrons. The molecule has 0 saturated heterocycles. The summed E-state index contributed by atoms with van der Waals surface area (Å²) in [7, 11) is 0. The highest BCUT2D eigenvalue weighted by atomic mass is 16.3. The second-order valence-corrected chi connectivity index (χ2v) is 2.84. The molecule has 0 aliphatic heterocycles. The Morgan fingerprint density at radius 3 is 2.38 bits per heavy atom. The van der Waals surface area contributed by atoms with Gasteiger partial charge in [0.15, 0.2) is 0 Å². The lowest BCUT2D eigenvalue weighted by atomic mass is 10.1. The monoisotopic (exact) mass is 178 g/mol. The van der Waals surface area contributed by atoms with Crippen molar-refractivity contribution in [2.45, 2.75) is 6.42 Å². The SMILES string of the molecule is OCC/C(=C\c1ccccc1)CO. The maximum atomic E-state index is 8.94. The van der Waals surface area contributed by atoms with Crippen LogP contribution in [0.4, 0.5) is 0 Å². The first-order valence-electron chi connectivity index (χ1n) is 4.33. The number of hydrogen-bond acceptors (Lipinski definition) is 2. The van der Waals surface area contributed by atoms with Crippen LogP contribution in [0.1, 0.15) is 12.0 Å². The van der Waals surface area contributed by atoms with Crippen molar-refractivity contribution < 1.29 is 10.2 Å². The van der Waals surface area contributed by atoms with Crippen molar-refractivity contribution in [3.63, 3.8) is 0 Å². The molecule has 13 heavy (non-hydrogen) atoms. The van der Waals surface area contributed by atoms with E-state index in [0.717, 1.165) is 11.1 Å². The van der Waals surface area contributed by atoms with Crippen molar-refractivity contribution >= 4 is 6.08 Å². The van der Waals surface area contributed by atoms with Crippen LogP contribution in [0.15, 0.2) is 35.9 Å². The van der Waals surface area contributed by atoms with Gasteiger partial charge in [-0.05, 0) is 17.6 Å². The quantitative estimate of drug-likeness (QED) is 0.732. The van der Waals surface area contributed by atoms with Crippen LogP contribution in [-0.4, -0.2) is 23.4 Å². The van der Waals surface area contributed by atoms with Gasteiger partial charge in [0.2, 0.25) is 0 Å². The largest absolute Gasteiger partial charge is 0.396 e. The van der Waals surface area contributed by atoms with E-state index in [2.05, 4.69) is 0 Å². The third-order valence-corrected chi connectivity index (χ3v) is 1.81. The summed E-state index contributed by atoms with van der Waals surface area (Å²) in [5.41, 5.74) is 1.91. The zero-order valence-electron chi connectivity index (χ0n) is 7.48. The summed E-state index contributed by atoms with van der Waals surface area (Å²) in [5.74, 6) is 0. The lowest BCUT2D eigenvalue weighted by Crippen LogP contribution is -1.93. The Bertz CT molecular complexity index is 265. The second-order valence-electron chi connectivity index (χ2n) is 2.84. The molecular formula is C11H14O2. The number of aliphatic hydroxyl groups excluding tert-OH is 2. The van der Waals surface area contributed by atoms with E-state index in [1.807, 2.05) is 36.4 Å². The van der Waals surface area contributed by atoms with Crippen LogP contribution in [0.5, 0.6) is 0 Å². The molecule has 2 N–H and O–H groups in total. The van der Waals surface area contributed by atoms with Gasteiger partial charge in [-0.25, -0.2) is 0 Å². The molecule has 0 bridgehead atoms. The molecule has 0 unspecified atom stereocenters. The van der Waals surface area contributed by atoms with Crippen LogP contribution in [0, 0.1) is 0 Å². The molecule has 0 aliphatic carbocycles. The summed E-state index contributed by atoms with van der Waals surface area (Å²) in [4.78, 5) is 0. The molecule has 2 heteroatoms. The van der Waals surface area contributed by atoms with Gasteiger partial charge in [-0.1, -0.05) is 36.4 Å². The summed E-state index contributed by atoms with van der Waals surface area (Å²) < 4.78 is 0. The first-order chi connectivity index (χ1) is 6.36. The Hall–Kier alpha value is -1.12. The predicted molar refractivity (Wildman–Crippen MR) is 53.2 cm³/mol. The van der Waals surface area contributed by atoms with Crippen molar-refractivity contribution in [3.8, 4) is 0 Å². The molecule has 0 heterocycles. The Labute approximate surface area is 78.2 Å². The van der Waals surface area contributed by atoms with Gasteiger partial charge in [-0.3, -0.25) is 0 Å². The molecule has 0 amide bonds. The maximum absolute atomic E-state index is 8.94. The van der Waals surface area contributed by atoms with Crippen LogP contribution in [0.2, 0.25) is 0 Å². The fourth-order valence-electron chi connectivity index (χ4n) is 1.13. The van der Waals surface area contributed by atoms with Crippen molar-refractivity contribution in [2.24, 2.45) is 0 Å². The van der Waals surface area contributed by atoms with Gasteiger partial charge in [0, 0.05) is 6.61 Å². The highest BCUT2D eigenvalue weighted by Gasteiger charge is 1.94. The minimum atomic E-state index is 0.00938. The maximum Gasteiger partial charge on any atom is 0.0645 e. The number of aliphatic hydroxyl groups is 2. The standard InChI is InChI=1S/C11H14O2/c12-7-6-11(9-13)8-10-4-2-1-3-5-10/h1-5,8,12-13H,6-7,9H2/b11-8+. The van der Waals surface area contributed by atoms with E-state index < -0.39 is 0 Å². The molecule has 1 aromatic rings. The predicted octanol–water partition coefficient (Wildman–Crippen LogP) is 1.44. The molecule has 70 valence electrons. The number of rotatable bonds is 4. The minimum Gasteiger partial charge on any atom is -0.396 e. The zero-order chi connectivity index (χ0) is 9.52. The van der Waals surface area contributed by atoms with E-state index in [1.165, 1.54) is 0 Å². The van der Waals surface area contributed by atoms with Gasteiger partial charge in [-0.15, -0.1) is 0 Å². The highest BCUT2D eigenvalue weighted by molar-refractivity contribution is 5.52. The van der Waals surface area contributed by atoms with Crippen molar-refractivity contribution in [1.29, 1.82) is 0 Å². The Kier molecular flexibility index (Phi) is 4.23. The van der Waals surface area contributed by atoms with Crippen LogP contribution in [0.3, 0.4) is 0 Å². The van der Waals surface area contributed by atoms with Crippen molar-refractivity contribution in [3.05, 3.63) is 41.5 Å². The summed E-state index contributed by atoms with van der Waals surface area (Å²) in [5, 5.41) is 17.6. The van der Waals surface area contributed by atoms with Crippen molar-refractivity contribution in [2.75, 3.05) is 13.2 Å². The first kappa shape index (κ1) is 9.96. The summed E-state index contributed by atoms with van der Waals surface area (Å²) in [6.45, 7) is 0.0919. The number of hydrogen-bond donors (Lipinski definition) is 2. The van der Waals surface area contributed by atoms with E-state index in [4.69, 9.17) is 10.2 Å². The van der Waals surface area contributed by atoms with Gasteiger partial charge >= 0.3 is 0 Å². The average Bonchev–Trinajstić information content (AvgIpc) is 2.19. The van der Waals surface area contributed by atoms with Crippen LogP contribution >= 0.6 is 0 Å². The highest BCUT2D eigenvalue weighted by Crippen LogP contribution is 2.08. The van der Waals surface area contributed by atoms with Gasteiger partial charge in [0.1, 0.15) is 0 Å². The third-order valence-electron chi connectivity index (χ3n) is 1.81. The van der Waals surface area contributed by atoms with E-state index in [-0.39, 0.29) is 13.2 Å². The zero-order valence-corrected chi connectivity index (χ0v) is 7.48. The smallest absolute Gasteiger partial charge is 0.0645 e. The molecule has 0 aromatic heterocycles. The van der Waals surface area contributed by atoms with E-state index >= 15 is 0 Å². The first-order valence-corrected chi connectivity index (χ1v) is 4.33. The Morgan fingerprint density at radius 1 is 1.15 bits per heavy atom. The molecule has 1 rings (SSSR count). The summed E-state index contributed by atoms with van der Waals surface area (Å²) in [6.07, 6.45) is 2.43. The molecule has 0 aliphatic rings. The molecule has 1 aromatic carbocycles. The molecule has 0 saturated carbocycles. The minimum absolute atomic E-state index is 0.00938. The third kappa shape index (κ3) is 3.40. The Morgan fingerprint density at radius 2 is 1.85 bits per heavy atom. The van der Waals surface area contributed by atoms with Gasteiger partial charge in [0.25, 0.3) is 0 Å². The van der Waals surface area contributed by atoms with Crippen molar-refractivity contribution in [1.82, 2.24) is 0 Å². The summed E-state index contributed by atoms with van der Waals surface area (Å²) in [6, 6.07) is 9.77. The molecule has 2 nitrogen and oxygen atoms in total. The van der Waals surface area contributed by atoms with Gasteiger partial charge in [-0.2, -0.15) is 0 Å². The topological polar surface area (TPSA) is 40.5 Å². The fourth-order valence-corrected chi connectivity index (χ4v) is 1.13.